The highest BCUT2D eigenvalue weighted by molar-refractivity contribution is 9.10. The fraction of sp³-hybridized carbons (Fsp3) is 0.0769. The molecule has 20 heavy (non-hydrogen) atoms. The number of anilines is 1. The molecule has 0 atom stereocenters. The lowest BCUT2D eigenvalue weighted by molar-refractivity contribution is -0.384. The van der Waals surface area contributed by atoms with Crippen molar-refractivity contribution < 1.29 is 9.72 Å². The fourth-order valence-corrected chi connectivity index (χ4v) is 1.94. The Balaban J connectivity index is 2.01. The van der Waals surface area contributed by atoms with Gasteiger partial charge < -0.3 is 5.32 Å². The number of nitro groups is 1. The highest BCUT2D eigenvalue weighted by Crippen LogP contribution is 2.19. The Morgan fingerprint density at radius 1 is 1.30 bits per heavy atom. The molecule has 7 heteroatoms. The molecule has 0 saturated heterocycles. The van der Waals surface area contributed by atoms with E-state index in [-0.39, 0.29) is 18.0 Å². The highest BCUT2D eigenvalue weighted by atomic mass is 79.9. The number of nitro benzene ring substituents is 1. The van der Waals surface area contributed by atoms with Crippen molar-refractivity contribution in [3.8, 4) is 0 Å². The number of amides is 1. The maximum atomic E-state index is 11.9. The van der Waals surface area contributed by atoms with Gasteiger partial charge in [0.25, 0.3) is 5.69 Å². The van der Waals surface area contributed by atoms with Gasteiger partial charge in [-0.25, -0.2) is 4.98 Å². The molecule has 0 saturated carbocycles. The first-order valence-electron chi connectivity index (χ1n) is 5.70. The third-order valence-electron chi connectivity index (χ3n) is 2.55. The van der Waals surface area contributed by atoms with Gasteiger partial charge in [0.15, 0.2) is 0 Å². The molecule has 0 aliphatic heterocycles. The third-order valence-corrected chi connectivity index (χ3v) is 3.18. The van der Waals surface area contributed by atoms with Crippen molar-refractivity contribution in [2.45, 2.75) is 6.42 Å². The van der Waals surface area contributed by atoms with Gasteiger partial charge in [-0.3, -0.25) is 14.9 Å². The van der Waals surface area contributed by atoms with E-state index < -0.39 is 4.92 Å². The van der Waals surface area contributed by atoms with Crippen LogP contribution in [-0.2, 0) is 11.2 Å². The normalized spacial score (nSPS) is 10.1. The summed E-state index contributed by atoms with van der Waals surface area (Å²) in [4.78, 5) is 25.9. The summed E-state index contributed by atoms with van der Waals surface area (Å²) >= 11 is 3.23. The molecule has 1 heterocycles. The molecular weight excluding hydrogens is 326 g/mol. The van der Waals surface area contributed by atoms with Gasteiger partial charge in [-0.05, 0) is 33.6 Å². The molecule has 6 nitrogen and oxygen atoms in total. The summed E-state index contributed by atoms with van der Waals surface area (Å²) in [5, 5.41) is 13.2. The van der Waals surface area contributed by atoms with Crippen molar-refractivity contribution in [1.82, 2.24) is 4.98 Å². The van der Waals surface area contributed by atoms with Crippen LogP contribution in [-0.4, -0.2) is 15.8 Å². The molecule has 0 fully saturated rings. The monoisotopic (exact) mass is 335 g/mol. The zero-order valence-corrected chi connectivity index (χ0v) is 11.8. The predicted molar refractivity (Wildman–Crippen MR) is 77.4 cm³/mol. The standard InChI is InChI=1S/C13H10BrN3O3/c14-13-11(2-1-7-15-13)16-12(18)8-9-3-5-10(6-4-9)17(19)20/h1-7H,8H2,(H,16,18). The van der Waals surface area contributed by atoms with Crippen LogP contribution in [0.5, 0.6) is 0 Å². The third kappa shape index (κ3) is 3.61. The maximum absolute atomic E-state index is 11.9. The summed E-state index contributed by atoms with van der Waals surface area (Å²) < 4.78 is 0.553. The molecule has 1 aromatic heterocycles. The summed E-state index contributed by atoms with van der Waals surface area (Å²) in [5.74, 6) is -0.215. The van der Waals surface area contributed by atoms with E-state index in [4.69, 9.17) is 0 Å². The van der Waals surface area contributed by atoms with Crippen LogP contribution in [0, 0.1) is 10.1 Å². The summed E-state index contributed by atoms with van der Waals surface area (Å²) in [7, 11) is 0. The Bertz CT molecular complexity index is 644. The van der Waals surface area contributed by atoms with Crippen LogP contribution in [0.1, 0.15) is 5.56 Å². The van der Waals surface area contributed by atoms with Crippen molar-refractivity contribution in [1.29, 1.82) is 0 Å². The first kappa shape index (κ1) is 14.1. The molecule has 0 aliphatic rings. The van der Waals surface area contributed by atoms with Gasteiger partial charge in [0.1, 0.15) is 4.60 Å². The molecular formula is C13H10BrN3O3. The Labute approximate surface area is 123 Å². The number of hydrogen-bond donors (Lipinski definition) is 1. The Morgan fingerprint density at radius 3 is 2.60 bits per heavy atom. The van der Waals surface area contributed by atoms with Crippen molar-refractivity contribution in [3.05, 3.63) is 62.9 Å². The summed E-state index contributed by atoms with van der Waals surface area (Å²) in [6, 6.07) is 9.33. The average Bonchev–Trinajstić information content (AvgIpc) is 2.42. The van der Waals surface area contributed by atoms with Gasteiger partial charge >= 0.3 is 0 Å². The van der Waals surface area contributed by atoms with Crippen LogP contribution in [0.15, 0.2) is 47.2 Å². The van der Waals surface area contributed by atoms with Gasteiger partial charge in [-0.2, -0.15) is 0 Å². The van der Waals surface area contributed by atoms with E-state index in [1.165, 1.54) is 12.1 Å². The number of carbonyl (C=O) groups excluding carboxylic acids is 1. The van der Waals surface area contributed by atoms with E-state index >= 15 is 0 Å². The van der Waals surface area contributed by atoms with Crippen LogP contribution in [0.25, 0.3) is 0 Å². The molecule has 0 bridgehead atoms. The van der Waals surface area contributed by atoms with E-state index in [0.717, 1.165) is 0 Å². The number of carbonyl (C=O) groups is 1. The highest BCUT2D eigenvalue weighted by Gasteiger charge is 2.09. The second-order valence-corrected chi connectivity index (χ2v) is 4.74. The van der Waals surface area contributed by atoms with Crippen LogP contribution in [0.4, 0.5) is 11.4 Å². The van der Waals surface area contributed by atoms with Gasteiger partial charge in [-0.1, -0.05) is 12.1 Å². The SMILES string of the molecule is O=C(Cc1ccc([N+](=O)[O-])cc1)Nc1cccnc1Br. The van der Waals surface area contributed by atoms with Crippen LogP contribution >= 0.6 is 15.9 Å². The van der Waals surface area contributed by atoms with Crippen molar-refractivity contribution >= 4 is 33.2 Å². The van der Waals surface area contributed by atoms with Crippen LogP contribution < -0.4 is 5.32 Å². The number of benzene rings is 1. The molecule has 1 aromatic carbocycles. The Kier molecular flexibility index (Phi) is 4.41. The number of nitrogens with zero attached hydrogens (tertiary/aromatic N) is 2. The van der Waals surface area contributed by atoms with Crippen molar-refractivity contribution in [3.63, 3.8) is 0 Å². The van der Waals surface area contributed by atoms with E-state index in [9.17, 15) is 14.9 Å². The minimum atomic E-state index is -0.476. The fourth-order valence-electron chi connectivity index (χ4n) is 1.59. The number of non-ortho nitro benzene ring substituents is 1. The zero-order chi connectivity index (χ0) is 14.5. The quantitative estimate of drug-likeness (QED) is 0.528. The lowest BCUT2D eigenvalue weighted by atomic mass is 10.1. The molecule has 1 N–H and O–H groups in total. The second kappa shape index (κ2) is 6.25. The zero-order valence-electron chi connectivity index (χ0n) is 10.2. The number of rotatable bonds is 4. The minimum Gasteiger partial charge on any atom is -0.323 e. The number of halogens is 1. The van der Waals surface area contributed by atoms with Crippen LogP contribution in [0.3, 0.4) is 0 Å². The Hall–Kier alpha value is -2.28. The van der Waals surface area contributed by atoms with Gasteiger partial charge in [-0.15, -0.1) is 0 Å². The van der Waals surface area contributed by atoms with Crippen LogP contribution in [0.2, 0.25) is 0 Å². The lowest BCUT2D eigenvalue weighted by Crippen LogP contribution is -2.14. The number of nitrogens with one attached hydrogen (secondary N) is 1. The number of hydrogen-bond acceptors (Lipinski definition) is 4. The molecule has 0 aliphatic carbocycles. The molecule has 102 valence electrons. The first-order chi connectivity index (χ1) is 9.56. The lowest BCUT2D eigenvalue weighted by Gasteiger charge is -2.06. The Morgan fingerprint density at radius 2 is 2.00 bits per heavy atom. The molecule has 0 unspecified atom stereocenters. The van der Waals surface area contributed by atoms with Gasteiger partial charge in [0.05, 0.1) is 17.0 Å². The smallest absolute Gasteiger partial charge is 0.269 e. The topological polar surface area (TPSA) is 85.1 Å². The van der Waals surface area contributed by atoms with E-state index in [1.807, 2.05) is 0 Å². The molecule has 2 rings (SSSR count). The van der Waals surface area contributed by atoms with Crippen molar-refractivity contribution in [2.75, 3.05) is 5.32 Å². The largest absolute Gasteiger partial charge is 0.323 e. The number of pyridine rings is 1. The molecule has 0 radical (unpaired) electrons. The summed E-state index contributed by atoms with van der Waals surface area (Å²) in [6.07, 6.45) is 1.75. The molecule has 2 aromatic rings. The van der Waals surface area contributed by atoms with Gasteiger partial charge in [0, 0.05) is 18.3 Å². The first-order valence-corrected chi connectivity index (χ1v) is 6.49. The van der Waals surface area contributed by atoms with E-state index in [0.29, 0.717) is 15.9 Å². The second-order valence-electron chi connectivity index (χ2n) is 3.99. The van der Waals surface area contributed by atoms with Crippen molar-refractivity contribution in [2.24, 2.45) is 0 Å². The predicted octanol–water partition coefficient (Wildman–Crippen LogP) is 2.93. The molecule has 1 amide bonds. The minimum absolute atomic E-state index is 0.00385. The summed E-state index contributed by atoms with van der Waals surface area (Å²) in [6.45, 7) is 0. The van der Waals surface area contributed by atoms with E-state index in [1.54, 1.807) is 30.5 Å². The maximum Gasteiger partial charge on any atom is 0.269 e. The molecule has 0 spiro atoms. The van der Waals surface area contributed by atoms with Gasteiger partial charge in [0.2, 0.25) is 5.91 Å². The summed E-state index contributed by atoms with van der Waals surface area (Å²) in [5.41, 5.74) is 1.29. The number of aromatic nitrogens is 1. The average molecular weight is 336 g/mol. The van der Waals surface area contributed by atoms with E-state index in [2.05, 4.69) is 26.2 Å².